The van der Waals surface area contributed by atoms with Crippen LogP contribution in [0.2, 0.25) is 0 Å². The van der Waals surface area contributed by atoms with Crippen molar-refractivity contribution >= 4 is 11.9 Å². The molecule has 0 aliphatic heterocycles. The zero-order chi connectivity index (χ0) is 41.4. The standard InChI is InChI=1S/C50H62O7/c1-8-10-25-50(33-51,34-52)26-29-55-47-43(13-11-27-56-48(53)35(3)4)31-45(32-44(47)14-12-28-57-49(54)36(5)6)46-24-23-42(30-38(46)9-2)41-21-19-40(20-22-41)39-17-15-37(7)16-18-39/h15-24,30-32,51-52H,3,5,8-14,25-29,33-34H2,1-2,4,6-7H3. The van der Waals surface area contributed by atoms with E-state index in [1.54, 1.807) is 13.8 Å². The van der Waals surface area contributed by atoms with Gasteiger partial charge in [0.05, 0.1) is 33.0 Å². The van der Waals surface area contributed by atoms with E-state index >= 15 is 0 Å². The number of hydrogen-bond donors (Lipinski definition) is 2. The second-order valence-corrected chi connectivity index (χ2v) is 15.4. The molecule has 0 aliphatic carbocycles. The molecule has 0 radical (unpaired) electrons. The van der Waals surface area contributed by atoms with Gasteiger partial charge in [0.2, 0.25) is 0 Å². The van der Waals surface area contributed by atoms with E-state index in [1.807, 2.05) is 0 Å². The van der Waals surface area contributed by atoms with Gasteiger partial charge in [-0.3, -0.25) is 0 Å². The zero-order valence-corrected chi connectivity index (χ0v) is 34.8. The Kier molecular flexibility index (Phi) is 17.3. The van der Waals surface area contributed by atoms with E-state index in [9.17, 15) is 19.8 Å². The van der Waals surface area contributed by atoms with Crippen molar-refractivity contribution in [2.24, 2.45) is 5.41 Å². The third-order valence-corrected chi connectivity index (χ3v) is 10.6. The molecule has 0 fully saturated rings. The molecule has 0 saturated carbocycles. The van der Waals surface area contributed by atoms with Crippen LogP contribution in [0.15, 0.2) is 103 Å². The summed E-state index contributed by atoms with van der Waals surface area (Å²) in [5.74, 6) is -0.0990. The van der Waals surface area contributed by atoms with E-state index in [0.717, 1.165) is 58.4 Å². The Hall–Kier alpha value is -4.98. The van der Waals surface area contributed by atoms with E-state index in [4.69, 9.17) is 14.2 Å². The quantitative estimate of drug-likeness (QED) is 0.0439. The van der Waals surface area contributed by atoms with E-state index < -0.39 is 17.4 Å². The van der Waals surface area contributed by atoms with Crippen molar-refractivity contribution in [1.29, 1.82) is 0 Å². The van der Waals surface area contributed by atoms with Crippen molar-refractivity contribution in [3.05, 3.63) is 125 Å². The lowest BCUT2D eigenvalue weighted by Gasteiger charge is -2.30. The van der Waals surface area contributed by atoms with Crippen LogP contribution in [-0.4, -0.2) is 55.2 Å². The molecule has 0 heterocycles. The van der Waals surface area contributed by atoms with Crippen LogP contribution in [0.25, 0.3) is 33.4 Å². The van der Waals surface area contributed by atoms with Gasteiger partial charge in [-0.15, -0.1) is 0 Å². The number of aliphatic hydroxyl groups excluding tert-OH is 2. The maximum atomic E-state index is 12.2. The van der Waals surface area contributed by atoms with Gasteiger partial charge < -0.3 is 24.4 Å². The summed E-state index contributed by atoms with van der Waals surface area (Å²) in [6, 6.07) is 28.3. The summed E-state index contributed by atoms with van der Waals surface area (Å²) in [5, 5.41) is 20.6. The minimum atomic E-state index is -0.636. The van der Waals surface area contributed by atoms with Crippen LogP contribution in [0.1, 0.15) is 88.5 Å². The average Bonchev–Trinajstić information content (AvgIpc) is 3.22. The Morgan fingerprint density at radius 3 is 1.56 bits per heavy atom. The van der Waals surface area contributed by atoms with Crippen molar-refractivity contribution < 1.29 is 34.0 Å². The Balaban J connectivity index is 1.72. The lowest BCUT2D eigenvalue weighted by Crippen LogP contribution is -2.32. The molecule has 304 valence electrons. The molecule has 7 nitrogen and oxygen atoms in total. The Labute approximate surface area is 340 Å². The Morgan fingerprint density at radius 2 is 1.09 bits per heavy atom. The monoisotopic (exact) mass is 774 g/mol. The summed E-state index contributed by atoms with van der Waals surface area (Å²) in [5.41, 5.74) is 11.3. The highest BCUT2D eigenvalue weighted by Crippen LogP contribution is 2.37. The molecule has 0 aromatic heterocycles. The molecular weight excluding hydrogens is 713 g/mol. The van der Waals surface area contributed by atoms with Crippen molar-refractivity contribution in [2.45, 2.75) is 92.4 Å². The van der Waals surface area contributed by atoms with Gasteiger partial charge in [0.1, 0.15) is 5.75 Å². The molecule has 0 aliphatic rings. The van der Waals surface area contributed by atoms with E-state index in [2.05, 4.69) is 113 Å². The summed E-state index contributed by atoms with van der Waals surface area (Å²) >= 11 is 0. The number of aliphatic hydroxyl groups is 2. The second-order valence-electron chi connectivity index (χ2n) is 15.4. The molecule has 2 N–H and O–H groups in total. The van der Waals surface area contributed by atoms with Gasteiger partial charge in [0.25, 0.3) is 0 Å². The molecule has 0 spiro atoms. The fraction of sp³-hybridized carbons (Fsp3) is 0.400. The van der Waals surface area contributed by atoms with Gasteiger partial charge in [0.15, 0.2) is 0 Å². The van der Waals surface area contributed by atoms with Crippen molar-refractivity contribution in [3.8, 4) is 39.1 Å². The molecule has 4 rings (SSSR count). The van der Waals surface area contributed by atoms with Gasteiger partial charge in [-0.1, -0.05) is 112 Å². The smallest absolute Gasteiger partial charge is 0.333 e. The highest BCUT2D eigenvalue weighted by atomic mass is 16.5. The maximum absolute atomic E-state index is 12.2. The highest BCUT2D eigenvalue weighted by molar-refractivity contribution is 5.87. The Bertz CT molecular complexity index is 1900. The summed E-state index contributed by atoms with van der Waals surface area (Å²) in [7, 11) is 0. The van der Waals surface area contributed by atoms with Crippen LogP contribution >= 0.6 is 0 Å². The SMILES string of the molecule is C=C(C)C(=O)OCCCc1cc(-c2ccc(-c3ccc(-c4ccc(C)cc4)cc3)cc2CC)cc(CCCOC(=O)C(=C)C)c1OCCC(CO)(CO)CCCC. The molecule has 0 unspecified atom stereocenters. The topological polar surface area (TPSA) is 102 Å². The highest BCUT2D eigenvalue weighted by Gasteiger charge is 2.28. The summed E-state index contributed by atoms with van der Waals surface area (Å²) in [6.45, 7) is 17.5. The molecule has 4 aromatic rings. The Morgan fingerprint density at radius 1 is 0.614 bits per heavy atom. The lowest BCUT2D eigenvalue weighted by atomic mass is 9.81. The van der Waals surface area contributed by atoms with Gasteiger partial charge in [0, 0.05) is 16.6 Å². The first-order valence-electron chi connectivity index (χ1n) is 20.4. The molecule has 4 aromatic carbocycles. The number of unbranched alkanes of at least 4 members (excludes halogenated alkanes) is 1. The van der Waals surface area contributed by atoms with Crippen LogP contribution in [0.3, 0.4) is 0 Å². The maximum Gasteiger partial charge on any atom is 0.333 e. The van der Waals surface area contributed by atoms with Crippen molar-refractivity contribution in [1.82, 2.24) is 0 Å². The number of carbonyl (C=O) groups is 2. The molecule has 0 amide bonds. The first-order valence-corrected chi connectivity index (χ1v) is 20.4. The fourth-order valence-electron chi connectivity index (χ4n) is 6.93. The van der Waals surface area contributed by atoms with Crippen molar-refractivity contribution in [2.75, 3.05) is 33.0 Å². The predicted octanol–water partition coefficient (Wildman–Crippen LogP) is 10.6. The van der Waals surface area contributed by atoms with Crippen LogP contribution in [0, 0.1) is 12.3 Å². The molecule has 7 heteroatoms. The number of esters is 2. The number of rotatable bonds is 23. The van der Waals surface area contributed by atoms with E-state index in [0.29, 0.717) is 56.3 Å². The van der Waals surface area contributed by atoms with Crippen LogP contribution in [-0.2, 0) is 38.3 Å². The van der Waals surface area contributed by atoms with E-state index in [1.165, 1.54) is 22.3 Å². The minimum absolute atomic E-state index is 0.125. The number of benzene rings is 4. The van der Waals surface area contributed by atoms with Crippen LogP contribution in [0.4, 0.5) is 0 Å². The third kappa shape index (κ3) is 12.8. The van der Waals surface area contributed by atoms with Gasteiger partial charge in [-0.05, 0) is 128 Å². The van der Waals surface area contributed by atoms with Crippen LogP contribution < -0.4 is 4.74 Å². The van der Waals surface area contributed by atoms with Crippen molar-refractivity contribution in [3.63, 3.8) is 0 Å². The van der Waals surface area contributed by atoms with Gasteiger partial charge in [-0.25, -0.2) is 9.59 Å². The fourth-order valence-corrected chi connectivity index (χ4v) is 6.93. The number of ether oxygens (including phenoxy) is 3. The molecule has 0 bridgehead atoms. The molecular formula is C50H62O7. The zero-order valence-electron chi connectivity index (χ0n) is 34.8. The minimum Gasteiger partial charge on any atom is -0.493 e. The predicted molar refractivity (Wildman–Crippen MR) is 231 cm³/mol. The summed E-state index contributed by atoms with van der Waals surface area (Å²) < 4.78 is 17.6. The third-order valence-electron chi connectivity index (χ3n) is 10.6. The van der Waals surface area contributed by atoms with Crippen LogP contribution in [0.5, 0.6) is 5.75 Å². The normalized spacial score (nSPS) is 11.3. The van der Waals surface area contributed by atoms with Gasteiger partial charge >= 0.3 is 11.9 Å². The first-order chi connectivity index (χ1) is 27.4. The molecule has 0 saturated heterocycles. The number of hydrogen-bond acceptors (Lipinski definition) is 7. The number of aryl methyl sites for hydroxylation is 4. The largest absolute Gasteiger partial charge is 0.493 e. The second kappa shape index (κ2) is 22.1. The molecule has 57 heavy (non-hydrogen) atoms. The summed E-state index contributed by atoms with van der Waals surface area (Å²) in [4.78, 5) is 24.4. The first kappa shape index (κ1) is 44.7. The molecule has 0 atom stereocenters. The lowest BCUT2D eigenvalue weighted by molar-refractivity contribution is -0.139. The summed E-state index contributed by atoms with van der Waals surface area (Å²) in [6.07, 6.45) is 6.18. The average molecular weight is 775 g/mol. The van der Waals surface area contributed by atoms with E-state index in [-0.39, 0.29) is 26.4 Å². The van der Waals surface area contributed by atoms with Gasteiger partial charge in [-0.2, -0.15) is 0 Å². The number of carbonyl (C=O) groups excluding carboxylic acids is 2.